The first-order valence-corrected chi connectivity index (χ1v) is 15.4. The maximum Gasteiger partial charge on any atom is 0.213 e. The fourth-order valence-corrected chi connectivity index (χ4v) is 7.63. The number of rotatable bonds is 2. The highest BCUT2D eigenvalue weighted by Gasteiger charge is 2.36. The van der Waals surface area contributed by atoms with Crippen molar-refractivity contribution in [3.05, 3.63) is 139 Å². The van der Waals surface area contributed by atoms with Gasteiger partial charge in [-0.3, -0.25) is 4.57 Å². The van der Waals surface area contributed by atoms with Gasteiger partial charge in [0.1, 0.15) is 5.58 Å². The minimum Gasteiger partial charge on any atom is -0.439 e. The van der Waals surface area contributed by atoms with E-state index < -0.39 is 0 Å². The monoisotopic (exact) mass is 577 g/mol. The Morgan fingerprint density at radius 1 is 0.622 bits per heavy atom. The minimum atomic E-state index is -0.242. The van der Waals surface area contributed by atoms with Crippen molar-refractivity contribution in [2.75, 3.05) is 0 Å². The molecule has 45 heavy (non-hydrogen) atoms. The number of hydrogen-bond donors (Lipinski definition) is 0. The summed E-state index contributed by atoms with van der Waals surface area (Å²) < 4.78 is 8.93. The summed E-state index contributed by atoms with van der Waals surface area (Å²) >= 11 is 0. The van der Waals surface area contributed by atoms with Crippen LogP contribution in [-0.2, 0) is 5.41 Å². The van der Waals surface area contributed by atoms with Crippen LogP contribution in [0.2, 0.25) is 0 Å². The van der Waals surface area contributed by atoms with Gasteiger partial charge in [-0.05, 0) is 46.2 Å². The van der Waals surface area contributed by atoms with Gasteiger partial charge in [0, 0.05) is 32.7 Å². The number of nitrogens with zero attached hydrogens (tertiary/aromatic N) is 3. The SMILES string of the molecule is CC1(C)c2cc(-c3nc(-c4cccc5ccccc45)nc4ccccc34)ccc2-n2c3oc4ccccc4c3c3cccc1c32. The molecular weight excluding hydrogens is 550 g/mol. The fraction of sp³-hybridized carbons (Fsp3) is 0.0732. The van der Waals surface area contributed by atoms with Gasteiger partial charge in [0.05, 0.1) is 27.8 Å². The lowest BCUT2D eigenvalue weighted by molar-refractivity contribution is 0.612. The van der Waals surface area contributed by atoms with E-state index in [1.807, 2.05) is 6.07 Å². The quantitative estimate of drug-likeness (QED) is 0.205. The molecule has 1 aliphatic rings. The molecule has 0 saturated carbocycles. The summed E-state index contributed by atoms with van der Waals surface area (Å²) in [5.74, 6) is 0.735. The van der Waals surface area contributed by atoms with Crippen LogP contribution in [0.3, 0.4) is 0 Å². The molecule has 4 heteroatoms. The highest BCUT2D eigenvalue weighted by molar-refractivity contribution is 6.21. The summed E-state index contributed by atoms with van der Waals surface area (Å²) in [5, 5.41) is 6.93. The Kier molecular flexibility index (Phi) is 4.76. The van der Waals surface area contributed by atoms with E-state index in [2.05, 4.69) is 140 Å². The van der Waals surface area contributed by atoms with Crippen LogP contribution in [-0.4, -0.2) is 14.5 Å². The average molecular weight is 578 g/mol. The van der Waals surface area contributed by atoms with Gasteiger partial charge in [-0.2, -0.15) is 0 Å². The summed E-state index contributed by atoms with van der Waals surface area (Å²) in [7, 11) is 0. The van der Waals surface area contributed by atoms with Gasteiger partial charge in [-0.1, -0.05) is 117 Å². The standard InChI is InChI=1S/C41H27N3O/c1-41(2)31-18-10-17-30-36-29-15-6-8-20-35(29)45-40(36)44(38(30)31)34-22-21-25(23-32(34)41)37-28-14-5-7-19-33(28)42-39(43-37)27-16-9-12-24-11-3-4-13-26(24)27/h3-23H,1-2H3. The molecule has 0 atom stereocenters. The van der Waals surface area contributed by atoms with E-state index in [-0.39, 0.29) is 5.41 Å². The summed E-state index contributed by atoms with van der Waals surface area (Å²) in [4.78, 5) is 10.4. The first kappa shape index (κ1) is 24.7. The van der Waals surface area contributed by atoms with Gasteiger partial charge in [0.2, 0.25) is 5.71 Å². The van der Waals surface area contributed by atoms with Crippen LogP contribution in [0.15, 0.2) is 132 Å². The molecule has 0 unspecified atom stereocenters. The highest BCUT2D eigenvalue weighted by Crippen LogP contribution is 2.50. The van der Waals surface area contributed by atoms with Crippen LogP contribution < -0.4 is 0 Å². The van der Waals surface area contributed by atoms with Crippen LogP contribution in [0.1, 0.15) is 25.0 Å². The van der Waals surface area contributed by atoms with E-state index in [9.17, 15) is 0 Å². The van der Waals surface area contributed by atoms with Crippen molar-refractivity contribution in [1.82, 2.24) is 14.5 Å². The first-order valence-electron chi connectivity index (χ1n) is 15.4. The van der Waals surface area contributed by atoms with E-state index in [0.717, 1.165) is 61.3 Å². The van der Waals surface area contributed by atoms with Crippen molar-refractivity contribution in [1.29, 1.82) is 0 Å². The van der Waals surface area contributed by atoms with E-state index >= 15 is 0 Å². The molecule has 0 radical (unpaired) electrons. The minimum absolute atomic E-state index is 0.242. The zero-order valence-electron chi connectivity index (χ0n) is 24.9. The zero-order valence-corrected chi connectivity index (χ0v) is 24.9. The second-order valence-electron chi connectivity index (χ2n) is 12.6. The Hall–Kier alpha value is -5.74. The van der Waals surface area contributed by atoms with Crippen LogP contribution in [0, 0.1) is 0 Å². The van der Waals surface area contributed by atoms with Crippen molar-refractivity contribution in [2.45, 2.75) is 19.3 Å². The number of benzene rings is 6. The first-order chi connectivity index (χ1) is 22.1. The average Bonchev–Trinajstić information content (AvgIpc) is 3.62. The number of para-hydroxylation sites is 3. The van der Waals surface area contributed by atoms with Gasteiger partial charge in [-0.25, -0.2) is 9.97 Å². The van der Waals surface area contributed by atoms with E-state index in [4.69, 9.17) is 14.4 Å². The molecule has 9 aromatic rings. The van der Waals surface area contributed by atoms with Crippen molar-refractivity contribution in [2.24, 2.45) is 0 Å². The predicted octanol–water partition coefficient (Wildman–Crippen LogP) is 10.6. The smallest absolute Gasteiger partial charge is 0.213 e. The van der Waals surface area contributed by atoms with E-state index in [0.29, 0.717) is 0 Å². The Labute approximate surface area is 259 Å². The van der Waals surface area contributed by atoms with Crippen LogP contribution in [0.25, 0.3) is 83.0 Å². The summed E-state index contributed by atoms with van der Waals surface area (Å²) in [6.07, 6.45) is 0. The molecule has 0 bridgehead atoms. The van der Waals surface area contributed by atoms with Crippen molar-refractivity contribution < 1.29 is 4.42 Å². The maximum absolute atomic E-state index is 6.59. The van der Waals surface area contributed by atoms with Crippen LogP contribution in [0.4, 0.5) is 0 Å². The lowest BCUT2D eigenvalue weighted by Gasteiger charge is -2.34. The van der Waals surface area contributed by atoms with Gasteiger partial charge >= 0.3 is 0 Å². The molecule has 0 fully saturated rings. The van der Waals surface area contributed by atoms with E-state index in [1.54, 1.807) is 0 Å². The summed E-state index contributed by atoms with van der Waals surface area (Å²) in [5.41, 5.74) is 10.5. The van der Waals surface area contributed by atoms with Crippen molar-refractivity contribution in [3.8, 4) is 28.3 Å². The Morgan fingerprint density at radius 2 is 1.36 bits per heavy atom. The molecule has 212 valence electrons. The number of furan rings is 1. The molecule has 4 heterocycles. The van der Waals surface area contributed by atoms with Crippen LogP contribution in [0.5, 0.6) is 0 Å². The molecule has 0 amide bonds. The fourth-order valence-electron chi connectivity index (χ4n) is 7.63. The Morgan fingerprint density at radius 3 is 2.27 bits per heavy atom. The molecule has 4 nitrogen and oxygen atoms in total. The number of hydrogen-bond acceptors (Lipinski definition) is 3. The largest absolute Gasteiger partial charge is 0.439 e. The molecule has 0 aliphatic carbocycles. The topological polar surface area (TPSA) is 43.9 Å². The third-order valence-corrected chi connectivity index (χ3v) is 9.80. The van der Waals surface area contributed by atoms with Gasteiger partial charge in [0.25, 0.3) is 0 Å². The third-order valence-electron chi connectivity index (χ3n) is 9.80. The number of fused-ring (bicyclic) bond motifs is 9. The molecule has 0 saturated heterocycles. The third kappa shape index (κ3) is 3.26. The summed E-state index contributed by atoms with van der Waals surface area (Å²) in [6.45, 7) is 4.67. The number of aromatic nitrogens is 3. The Bertz CT molecular complexity index is 2690. The maximum atomic E-state index is 6.59. The second kappa shape index (κ2) is 8.67. The van der Waals surface area contributed by atoms with Crippen LogP contribution >= 0.6 is 0 Å². The predicted molar refractivity (Wildman–Crippen MR) is 184 cm³/mol. The van der Waals surface area contributed by atoms with Gasteiger partial charge in [-0.15, -0.1) is 0 Å². The normalized spacial score (nSPS) is 13.7. The molecule has 6 aromatic carbocycles. The second-order valence-corrected chi connectivity index (χ2v) is 12.6. The zero-order chi connectivity index (χ0) is 29.9. The molecule has 10 rings (SSSR count). The molecule has 0 spiro atoms. The Balaban J connectivity index is 1.26. The van der Waals surface area contributed by atoms with Crippen molar-refractivity contribution >= 4 is 54.6 Å². The lowest BCUT2D eigenvalue weighted by atomic mass is 9.74. The van der Waals surface area contributed by atoms with Gasteiger partial charge in [0.15, 0.2) is 5.82 Å². The molecule has 3 aromatic heterocycles. The molecule has 1 aliphatic heterocycles. The van der Waals surface area contributed by atoms with Crippen molar-refractivity contribution in [3.63, 3.8) is 0 Å². The van der Waals surface area contributed by atoms with E-state index in [1.165, 1.54) is 32.8 Å². The molecular formula is C41H27N3O. The summed E-state index contributed by atoms with van der Waals surface area (Å²) in [6, 6.07) is 45.0. The molecule has 0 N–H and O–H groups in total. The van der Waals surface area contributed by atoms with Gasteiger partial charge < -0.3 is 4.42 Å². The highest BCUT2D eigenvalue weighted by atomic mass is 16.3. The lowest BCUT2D eigenvalue weighted by Crippen LogP contribution is -2.26.